The van der Waals surface area contributed by atoms with Crippen molar-refractivity contribution < 1.29 is 35.9 Å². The van der Waals surface area contributed by atoms with Crippen molar-refractivity contribution in [3.8, 4) is 5.75 Å². The van der Waals surface area contributed by atoms with Crippen LogP contribution in [0.2, 0.25) is 0 Å². The summed E-state index contributed by atoms with van der Waals surface area (Å²) in [5.41, 5.74) is -1.15. The first-order chi connectivity index (χ1) is 16.4. The molecule has 0 bridgehead atoms. The van der Waals surface area contributed by atoms with Crippen LogP contribution in [0.4, 0.5) is 26.3 Å². The smallest absolute Gasteiger partial charge is 0.406 e. The van der Waals surface area contributed by atoms with Crippen LogP contribution in [0.3, 0.4) is 0 Å². The van der Waals surface area contributed by atoms with E-state index in [4.69, 9.17) is 0 Å². The molecular formula is C23H17F6N3O3. The Hall–Kier alpha value is -3.83. The van der Waals surface area contributed by atoms with E-state index in [1.165, 1.54) is 12.1 Å². The van der Waals surface area contributed by atoms with E-state index in [1.807, 2.05) is 0 Å². The number of aromatic nitrogens is 2. The largest absolute Gasteiger partial charge is 0.573 e. The topological polar surface area (TPSA) is 84.1 Å². The summed E-state index contributed by atoms with van der Waals surface area (Å²) in [6.45, 7) is 0. The highest BCUT2D eigenvalue weighted by atomic mass is 19.4. The van der Waals surface area contributed by atoms with Gasteiger partial charge in [-0.2, -0.15) is 13.2 Å². The van der Waals surface area contributed by atoms with Gasteiger partial charge in [0, 0.05) is 12.0 Å². The second kappa shape index (κ2) is 9.08. The fourth-order valence-corrected chi connectivity index (χ4v) is 3.43. The van der Waals surface area contributed by atoms with E-state index >= 15 is 0 Å². The zero-order valence-corrected chi connectivity index (χ0v) is 17.7. The molecule has 1 aliphatic rings. The maximum absolute atomic E-state index is 13.0. The SMILES string of the molecule is O=C(NC(c1ccc(OC(F)(F)F)cc1)c1ccc(C(F)(F)F)cc1)c1cc(=O)[nH]c(C2CC2)n1. The molecule has 12 heteroatoms. The second-order valence-corrected chi connectivity index (χ2v) is 7.93. The van der Waals surface area contributed by atoms with Crippen molar-refractivity contribution in [1.29, 1.82) is 0 Å². The lowest BCUT2D eigenvalue weighted by Crippen LogP contribution is -2.31. The summed E-state index contributed by atoms with van der Waals surface area (Å²) >= 11 is 0. The molecular weight excluding hydrogens is 480 g/mol. The third-order valence-corrected chi connectivity index (χ3v) is 5.25. The molecule has 0 aliphatic heterocycles. The molecule has 35 heavy (non-hydrogen) atoms. The summed E-state index contributed by atoms with van der Waals surface area (Å²) in [4.78, 5) is 31.7. The summed E-state index contributed by atoms with van der Waals surface area (Å²) in [5.74, 6) is -0.882. The van der Waals surface area contributed by atoms with Crippen LogP contribution in [-0.2, 0) is 6.18 Å². The number of ether oxygens (including phenoxy) is 1. The third-order valence-electron chi connectivity index (χ3n) is 5.25. The van der Waals surface area contributed by atoms with Crippen LogP contribution in [0.1, 0.15) is 57.8 Å². The van der Waals surface area contributed by atoms with E-state index in [1.54, 1.807) is 0 Å². The molecule has 2 aromatic carbocycles. The summed E-state index contributed by atoms with van der Waals surface area (Å²) < 4.78 is 80.2. The monoisotopic (exact) mass is 497 g/mol. The van der Waals surface area contributed by atoms with Gasteiger partial charge in [-0.25, -0.2) is 4.98 Å². The zero-order valence-electron chi connectivity index (χ0n) is 17.7. The van der Waals surface area contributed by atoms with Gasteiger partial charge in [0.15, 0.2) is 0 Å². The number of aromatic amines is 1. The lowest BCUT2D eigenvalue weighted by molar-refractivity contribution is -0.274. The number of halogens is 6. The fourth-order valence-electron chi connectivity index (χ4n) is 3.43. The van der Waals surface area contributed by atoms with E-state index in [2.05, 4.69) is 20.0 Å². The number of alkyl halides is 6. The Morgan fingerprint density at radius 3 is 2.06 bits per heavy atom. The molecule has 4 rings (SSSR count). The molecule has 1 aliphatic carbocycles. The number of carbonyl (C=O) groups is 1. The van der Waals surface area contributed by atoms with Crippen molar-refractivity contribution in [1.82, 2.24) is 15.3 Å². The maximum Gasteiger partial charge on any atom is 0.573 e. The number of carbonyl (C=O) groups excluding carboxylic acids is 1. The molecule has 0 spiro atoms. The van der Waals surface area contributed by atoms with Crippen LogP contribution >= 0.6 is 0 Å². The highest BCUT2D eigenvalue weighted by Crippen LogP contribution is 2.37. The molecule has 3 aromatic rings. The first-order valence-corrected chi connectivity index (χ1v) is 10.3. The number of rotatable bonds is 6. The Balaban J connectivity index is 1.66. The van der Waals surface area contributed by atoms with Crippen molar-refractivity contribution >= 4 is 5.91 Å². The van der Waals surface area contributed by atoms with Crippen molar-refractivity contribution in [3.63, 3.8) is 0 Å². The summed E-state index contributed by atoms with van der Waals surface area (Å²) in [6, 6.07) is 8.39. The van der Waals surface area contributed by atoms with E-state index < -0.39 is 41.4 Å². The quantitative estimate of drug-likeness (QED) is 0.465. The predicted octanol–water partition coefficient (Wildman–Crippen LogP) is 5.08. The Labute approximate surface area is 194 Å². The zero-order chi connectivity index (χ0) is 25.4. The van der Waals surface area contributed by atoms with Gasteiger partial charge in [0.1, 0.15) is 17.3 Å². The van der Waals surface area contributed by atoms with Gasteiger partial charge in [0.05, 0.1) is 11.6 Å². The van der Waals surface area contributed by atoms with E-state index in [-0.39, 0.29) is 22.7 Å². The standard InChI is InChI=1S/C23H17F6N3O3/c24-22(25,26)15-7-3-12(4-8-15)19(13-5-9-16(10-6-13)35-23(27,28)29)32-21(34)17-11-18(33)31-20(30-17)14-1-2-14/h3-11,14,19H,1-2H2,(H,32,34)(H,30,31,33). The first-order valence-electron chi connectivity index (χ1n) is 10.3. The average molecular weight is 497 g/mol. The first kappa shape index (κ1) is 24.3. The molecule has 0 radical (unpaired) electrons. The van der Waals surface area contributed by atoms with Gasteiger partial charge in [-0.1, -0.05) is 24.3 Å². The lowest BCUT2D eigenvalue weighted by atomic mass is 9.97. The Morgan fingerprint density at radius 2 is 1.54 bits per heavy atom. The van der Waals surface area contributed by atoms with Crippen LogP contribution in [0, 0.1) is 0 Å². The third kappa shape index (κ3) is 6.19. The van der Waals surface area contributed by atoms with Gasteiger partial charge in [-0.15, -0.1) is 13.2 Å². The van der Waals surface area contributed by atoms with Gasteiger partial charge in [-0.05, 0) is 48.2 Å². The predicted molar refractivity (Wildman–Crippen MR) is 111 cm³/mol. The Morgan fingerprint density at radius 1 is 0.971 bits per heavy atom. The molecule has 2 N–H and O–H groups in total. The van der Waals surface area contributed by atoms with Crippen LogP contribution in [0.25, 0.3) is 0 Å². The number of amides is 1. The fraction of sp³-hybridized carbons (Fsp3) is 0.261. The van der Waals surface area contributed by atoms with E-state index in [0.29, 0.717) is 5.82 Å². The lowest BCUT2D eigenvalue weighted by Gasteiger charge is -2.21. The Kier molecular flexibility index (Phi) is 6.30. The average Bonchev–Trinajstić information content (AvgIpc) is 3.62. The minimum absolute atomic E-state index is 0.0438. The van der Waals surface area contributed by atoms with Crippen molar-refractivity contribution in [2.24, 2.45) is 0 Å². The maximum atomic E-state index is 13.0. The number of nitrogens with zero attached hydrogens (tertiary/aromatic N) is 1. The molecule has 1 amide bonds. The highest BCUT2D eigenvalue weighted by Gasteiger charge is 2.32. The molecule has 1 heterocycles. The van der Waals surface area contributed by atoms with Gasteiger partial charge >= 0.3 is 12.5 Å². The second-order valence-electron chi connectivity index (χ2n) is 7.93. The van der Waals surface area contributed by atoms with Crippen LogP contribution in [0.5, 0.6) is 5.75 Å². The Bertz CT molecular complexity index is 1260. The van der Waals surface area contributed by atoms with Crippen LogP contribution in [-0.4, -0.2) is 22.2 Å². The molecule has 0 saturated heterocycles. The number of H-pyrrole nitrogens is 1. The summed E-state index contributed by atoms with van der Waals surface area (Å²) in [6.07, 6.45) is -7.86. The summed E-state index contributed by atoms with van der Waals surface area (Å²) in [7, 11) is 0. The van der Waals surface area contributed by atoms with Gasteiger partial charge in [0.25, 0.3) is 11.5 Å². The number of benzene rings is 2. The molecule has 1 unspecified atom stereocenters. The number of hydrogen-bond donors (Lipinski definition) is 2. The van der Waals surface area contributed by atoms with Crippen LogP contribution in [0.15, 0.2) is 59.4 Å². The van der Waals surface area contributed by atoms with Crippen molar-refractivity contribution in [3.05, 3.63) is 93.2 Å². The summed E-state index contributed by atoms with van der Waals surface area (Å²) in [5, 5.41) is 2.61. The highest BCUT2D eigenvalue weighted by molar-refractivity contribution is 5.92. The minimum atomic E-state index is -4.91. The number of nitrogens with one attached hydrogen (secondary N) is 2. The van der Waals surface area contributed by atoms with Gasteiger partial charge in [0.2, 0.25) is 0 Å². The normalized spacial score (nSPS) is 14.9. The van der Waals surface area contributed by atoms with Crippen molar-refractivity contribution in [2.75, 3.05) is 0 Å². The van der Waals surface area contributed by atoms with E-state index in [9.17, 15) is 35.9 Å². The molecule has 6 nitrogen and oxygen atoms in total. The minimum Gasteiger partial charge on any atom is -0.406 e. The molecule has 1 fully saturated rings. The molecule has 1 aromatic heterocycles. The molecule has 184 valence electrons. The molecule has 1 saturated carbocycles. The van der Waals surface area contributed by atoms with E-state index in [0.717, 1.165) is 55.3 Å². The van der Waals surface area contributed by atoms with Gasteiger partial charge < -0.3 is 15.0 Å². The van der Waals surface area contributed by atoms with Crippen LogP contribution < -0.4 is 15.6 Å². The molecule has 1 atom stereocenters. The van der Waals surface area contributed by atoms with Crippen molar-refractivity contribution in [2.45, 2.75) is 37.3 Å². The number of hydrogen-bond acceptors (Lipinski definition) is 4. The van der Waals surface area contributed by atoms with Gasteiger partial charge in [-0.3, -0.25) is 9.59 Å².